The Labute approximate surface area is 67.8 Å². The molecule has 0 radical (unpaired) electrons. The van der Waals surface area contributed by atoms with Crippen molar-refractivity contribution in [3.8, 4) is 11.8 Å². The van der Waals surface area contributed by atoms with Crippen LogP contribution in [0, 0.1) is 11.8 Å². The molecule has 0 N–H and O–H groups in total. The quantitative estimate of drug-likeness (QED) is 0.551. The molecule has 1 saturated carbocycles. The van der Waals surface area contributed by atoms with E-state index in [1.54, 1.807) is 0 Å². The third kappa shape index (κ3) is 2.27. The van der Waals surface area contributed by atoms with E-state index in [1.165, 1.54) is 19.3 Å². The zero-order chi connectivity index (χ0) is 7.40. The van der Waals surface area contributed by atoms with Gasteiger partial charge in [-0.05, 0) is 26.7 Å². The SMILES string of the molecule is CC#CC(C)SC1CCC1. The van der Waals surface area contributed by atoms with Gasteiger partial charge in [-0.2, -0.15) is 0 Å². The van der Waals surface area contributed by atoms with Crippen molar-refractivity contribution < 1.29 is 0 Å². The number of hydrogen-bond acceptors (Lipinski definition) is 1. The smallest absolute Gasteiger partial charge is 0.0631 e. The lowest BCUT2D eigenvalue weighted by molar-refractivity contribution is 0.521. The minimum atomic E-state index is 0.551. The molecular weight excluding hydrogens is 140 g/mol. The number of thioether (sulfide) groups is 1. The lowest BCUT2D eigenvalue weighted by atomic mass is 10.00. The molecule has 0 aromatic carbocycles. The average Bonchev–Trinajstić information content (AvgIpc) is 1.80. The highest BCUT2D eigenvalue weighted by Gasteiger charge is 2.19. The van der Waals surface area contributed by atoms with Crippen molar-refractivity contribution in [3.63, 3.8) is 0 Å². The molecule has 1 aliphatic carbocycles. The Bertz CT molecular complexity index is 148. The van der Waals surface area contributed by atoms with Gasteiger partial charge in [0.2, 0.25) is 0 Å². The molecule has 10 heavy (non-hydrogen) atoms. The van der Waals surface area contributed by atoms with Crippen molar-refractivity contribution in [2.24, 2.45) is 0 Å². The van der Waals surface area contributed by atoms with Crippen LogP contribution >= 0.6 is 11.8 Å². The van der Waals surface area contributed by atoms with E-state index in [0.29, 0.717) is 5.25 Å². The van der Waals surface area contributed by atoms with Gasteiger partial charge >= 0.3 is 0 Å². The minimum Gasteiger partial charge on any atom is -0.142 e. The van der Waals surface area contributed by atoms with Crippen LogP contribution in [-0.2, 0) is 0 Å². The summed E-state index contributed by atoms with van der Waals surface area (Å²) in [6, 6.07) is 0. The first kappa shape index (κ1) is 8.01. The van der Waals surface area contributed by atoms with Gasteiger partial charge in [0.15, 0.2) is 0 Å². The summed E-state index contributed by atoms with van der Waals surface area (Å²) in [4.78, 5) is 0. The molecule has 1 rings (SSSR count). The molecule has 1 aliphatic rings. The van der Waals surface area contributed by atoms with Gasteiger partial charge in [0.1, 0.15) is 0 Å². The molecule has 0 nitrogen and oxygen atoms in total. The molecule has 0 aliphatic heterocycles. The second-order valence-electron chi connectivity index (χ2n) is 2.73. The molecule has 1 atom stereocenters. The molecule has 1 fully saturated rings. The molecular formula is C9H14S. The van der Waals surface area contributed by atoms with E-state index in [1.807, 2.05) is 18.7 Å². The maximum atomic E-state index is 3.16. The minimum absolute atomic E-state index is 0.551. The molecule has 0 aromatic heterocycles. The van der Waals surface area contributed by atoms with Crippen molar-refractivity contribution in [1.29, 1.82) is 0 Å². The summed E-state index contributed by atoms with van der Waals surface area (Å²) < 4.78 is 0. The van der Waals surface area contributed by atoms with Crippen LogP contribution in [0.4, 0.5) is 0 Å². The van der Waals surface area contributed by atoms with E-state index in [-0.39, 0.29) is 0 Å². The fourth-order valence-electron chi connectivity index (χ4n) is 1.03. The monoisotopic (exact) mass is 154 g/mol. The Morgan fingerprint density at radius 1 is 1.50 bits per heavy atom. The van der Waals surface area contributed by atoms with E-state index in [4.69, 9.17) is 0 Å². The third-order valence-electron chi connectivity index (χ3n) is 1.80. The average molecular weight is 154 g/mol. The normalized spacial score (nSPS) is 20.6. The highest BCUT2D eigenvalue weighted by atomic mass is 32.2. The standard InChI is InChI=1S/C9H14S/c1-3-5-8(2)10-9-6-4-7-9/h8-9H,4,6-7H2,1-2H3. The fourth-order valence-corrected chi connectivity index (χ4v) is 2.40. The van der Waals surface area contributed by atoms with E-state index in [2.05, 4.69) is 18.8 Å². The zero-order valence-corrected chi connectivity index (χ0v) is 7.50. The van der Waals surface area contributed by atoms with Crippen LogP contribution in [0.25, 0.3) is 0 Å². The Hall–Kier alpha value is -0.0900. The first-order valence-electron chi connectivity index (χ1n) is 3.90. The summed E-state index contributed by atoms with van der Waals surface area (Å²) in [5.74, 6) is 6.11. The van der Waals surface area contributed by atoms with Crippen LogP contribution in [-0.4, -0.2) is 10.5 Å². The molecule has 0 aromatic rings. The zero-order valence-electron chi connectivity index (χ0n) is 6.68. The first-order valence-corrected chi connectivity index (χ1v) is 4.85. The molecule has 0 spiro atoms. The van der Waals surface area contributed by atoms with Crippen molar-refractivity contribution in [3.05, 3.63) is 0 Å². The summed E-state index contributed by atoms with van der Waals surface area (Å²) in [6.45, 7) is 4.11. The van der Waals surface area contributed by atoms with E-state index in [0.717, 1.165) is 5.25 Å². The van der Waals surface area contributed by atoms with Crippen LogP contribution in [0.15, 0.2) is 0 Å². The molecule has 1 heteroatoms. The lowest BCUT2D eigenvalue weighted by Gasteiger charge is -2.25. The van der Waals surface area contributed by atoms with Gasteiger partial charge < -0.3 is 0 Å². The van der Waals surface area contributed by atoms with Gasteiger partial charge in [0.05, 0.1) is 5.25 Å². The molecule has 56 valence electrons. The Morgan fingerprint density at radius 2 is 2.20 bits per heavy atom. The summed E-state index contributed by atoms with van der Waals surface area (Å²) in [6.07, 6.45) is 4.27. The maximum absolute atomic E-state index is 3.16. The molecule has 0 saturated heterocycles. The highest BCUT2D eigenvalue weighted by Crippen LogP contribution is 2.33. The summed E-state index contributed by atoms with van der Waals surface area (Å²) in [5, 5.41) is 1.48. The predicted molar refractivity (Wildman–Crippen MR) is 48.1 cm³/mol. The molecule has 1 unspecified atom stereocenters. The van der Waals surface area contributed by atoms with Crippen molar-refractivity contribution in [1.82, 2.24) is 0 Å². The van der Waals surface area contributed by atoms with Gasteiger partial charge in [-0.3, -0.25) is 0 Å². The van der Waals surface area contributed by atoms with Gasteiger partial charge in [0.25, 0.3) is 0 Å². The predicted octanol–water partition coefficient (Wildman–Crippen LogP) is 2.68. The van der Waals surface area contributed by atoms with Gasteiger partial charge in [-0.1, -0.05) is 12.3 Å². The number of hydrogen-bond donors (Lipinski definition) is 0. The van der Waals surface area contributed by atoms with Gasteiger partial charge in [-0.25, -0.2) is 0 Å². The fraction of sp³-hybridized carbons (Fsp3) is 0.778. The Balaban J connectivity index is 2.14. The summed E-state index contributed by atoms with van der Waals surface area (Å²) >= 11 is 2.04. The molecule has 0 heterocycles. The lowest BCUT2D eigenvalue weighted by Crippen LogP contribution is -2.15. The second-order valence-corrected chi connectivity index (χ2v) is 4.37. The largest absolute Gasteiger partial charge is 0.142 e. The Kier molecular flexibility index (Phi) is 3.15. The van der Waals surface area contributed by atoms with E-state index < -0.39 is 0 Å². The van der Waals surface area contributed by atoms with E-state index in [9.17, 15) is 0 Å². The third-order valence-corrected chi connectivity index (χ3v) is 3.18. The summed E-state index contributed by atoms with van der Waals surface area (Å²) in [7, 11) is 0. The maximum Gasteiger partial charge on any atom is 0.0631 e. The van der Waals surface area contributed by atoms with Crippen LogP contribution in [0.3, 0.4) is 0 Å². The summed E-state index contributed by atoms with van der Waals surface area (Å²) in [5.41, 5.74) is 0. The first-order chi connectivity index (χ1) is 4.83. The van der Waals surface area contributed by atoms with Crippen LogP contribution < -0.4 is 0 Å². The topological polar surface area (TPSA) is 0 Å². The van der Waals surface area contributed by atoms with Crippen LogP contribution in [0.5, 0.6) is 0 Å². The molecule has 0 bridgehead atoms. The van der Waals surface area contributed by atoms with Gasteiger partial charge in [-0.15, -0.1) is 17.7 Å². The highest BCUT2D eigenvalue weighted by molar-refractivity contribution is 8.00. The van der Waals surface area contributed by atoms with Crippen LogP contribution in [0.1, 0.15) is 33.1 Å². The Morgan fingerprint density at radius 3 is 2.60 bits per heavy atom. The van der Waals surface area contributed by atoms with Gasteiger partial charge in [0, 0.05) is 5.25 Å². The van der Waals surface area contributed by atoms with Crippen molar-refractivity contribution in [2.45, 2.75) is 43.6 Å². The van der Waals surface area contributed by atoms with E-state index >= 15 is 0 Å². The molecule has 0 amide bonds. The van der Waals surface area contributed by atoms with Crippen molar-refractivity contribution >= 4 is 11.8 Å². The van der Waals surface area contributed by atoms with Crippen LogP contribution in [0.2, 0.25) is 0 Å². The number of rotatable bonds is 2. The van der Waals surface area contributed by atoms with Crippen molar-refractivity contribution in [2.75, 3.05) is 0 Å². The second kappa shape index (κ2) is 3.93.